The molecule has 0 saturated heterocycles. The lowest BCUT2D eigenvalue weighted by Gasteiger charge is -2.05. The summed E-state index contributed by atoms with van der Waals surface area (Å²) in [6.07, 6.45) is 0. The van der Waals surface area contributed by atoms with Gasteiger partial charge in [0.05, 0.1) is 4.47 Å². The Morgan fingerprint density at radius 3 is 2.50 bits per heavy atom. The topological polar surface area (TPSA) is 57.1 Å². The SMILES string of the molecule is Cc1nc(C)nc(-c2cc(Br)c3c(c2)OCO3)n1. The zero-order chi connectivity index (χ0) is 12.7. The summed E-state index contributed by atoms with van der Waals surface area (Å²) in [7, 11) is 0. The van der Waals surface area contributed by atoms with Crippen molar-refractivity contribution >= 4 is 15.9 Å². The van der Waals surface area contributed by atoms with Crippen molar-refractivity contribution in [1.29, 1.82) is 0 Å². The van der Waals surface area contributed by atoms with Crippen LogP contribution in [0.2, 0.25) is 0 Å². The molecule has 3 rings (SSSR count). The summed E-state index contributed by atoms with van der Waals surface area (Å²) in [5, 5.41) is 0. The van der Waals surface area contributed by atoms with E-state index in [1.807, 2.05) is 26.0 Å². The summed E-state index contributed by atoms with van der Waals surface area (Å²) in [6.45, 7) is 3.94. The van der Waals surface area contributed by atoms with Crippen LogP contribution in [0.5, 0.6) is 11.5 Å². The van der Waals surface area contributed by atoms with Crippen molar-refractivity contribution in [3.63, 3.8) is 0 Å². The molecule has 6 heteroatoms. The first-order valence-electron chi connectivity index (χ1n) is 5.42. The zero-order valence-corrected chi connectivity index (χ0v) is 11.5. The molecule has 1 aromatic carbocycles. The highest BCUT2D eigenvalue weighted by Crippen LogP contribution is 2.41. The largest absolute Gasteiger partial charge is 0.454 e. The molecule has 5 nitrogen and oxygen atoms in total. The number of aryl methyl sites for hydroxylation is 2. The molecule has 1 aromatic heterocycles. The Bertz CT molecular complexity index is 611. The van der Waals surface area contributed by atoms with Crippen molar-refractivity contribution in [2.24, 2.45) is 0 Å². The van der Waals surface area contributed by atoms with E-state index >= 15 is 0 Å². The molecule has 1 aliphatic rings. The van der Waals surface area contributed by atoms with Gasteiger partial charge >= 0.3 is 0 Å². The molecule has 2 heterocycles. The molecule has 0 atom stereocenters. The lowest BCUT2D eigenvalue weighted by molar-refractivity contribution is 0.173. The molecule has 0 spiro atoms. The quantitative estimate of drug-likeness (QED) is 0.810. The second-order valence-corrected chi connectivity index (χ2v) is 4.80. The molecule has 0 unspecified atom stereocenters. The molecule has 92 valence electrons. The van der Waals surface area contributed by atoms with Crippen LogP contribution in [0.25, 0.3) is 11.4 Å². The Labute approximate surface area is 112 Å². The number of hydrogen-bond donors (Lipinski definition) is 0. The highest BCUT2D eigenvalue weighted by Gasteiger charge is 2.19. The van der Waals surface area contributed by atoms with Gasteiger partial charge in [0.15, 0.2) is 17.3 Å². The van der Waals surface area contributed by atoms with Gasteiger partial charge in [0.2, 0.25) is 6.79 Å². The van der Waals surface area contributed by atoms with Crippen molar-refractivity contribution in [2.45, 2.75) is 13.8 Å². The number of rotatable bonds is 1. The number of fused-ring (bicyclic) bond motifs is 1. The van der Waals surface area contributed by atoms with Crippen LogP contribution in [0, 0.1) is 13.8 Å². The van der Waals surface area contributed by atoms with E-state index in [4.69, 9.17) is 9.47 Å². The summed E-state index contributed by atoms with van der Waals surface area (Å²) in [6, 6.07) is 3.79. The van der Waals surface area contributed by atoms with Crippen LogP contribution >= 0.6 is 15.9 Å². The average molecular weight is 308 g/mol. The van der Waals surface area contributed by atoms with E-state index in [1.54, 1.807) is 0 Å². The zero-order valence-electron chi connectivity index (χ0n) is 9.90. The van der Waals surface area contributed by atoms with Crippen LogP contribution in [0.3, 0.4) is 0 Å². The van der Waals surface area contributed by atoms with Gasteiger partial charge in [-0.05, 0) is 41.9 Å². The Hall–Kier alpha value is -1.69. The van der Waals surface area contributed by atoms with Gasteiger partial charge in [-0.25, -0.2) is 15.0 Å². The number of nitrogens with zero attached hydrogens (tertiary/aromatic N) is 3. The van der Waals surface area contributed by atoms with E-state index in [1.165, 1.54) is 0 Å². The van der Waals surface area contributed by atoms with Crippen molar-refractivity contribution in [3.8, 4) is 22.9 Å². The standard InChI is InChI=1S/C12H10BrN3O2/c1-6-14-7(2)16-12(15-6)8-3-9(13)11-10(4-8)17-5-18-11/h3-4H,5H2,1-2H3. The highest BCUT2D eigenvalue weighted by molar-refractivity contribution is 9.10. The average Bonchev–Trinajstić information content (AvgIpc) is 2.76. The first-order chi connectivity index (χ1) is 8.63. The molecular weight excluding hydrogens is 298 g/mol. The van der Waals surface area contributed by atoms with E-state index in [0.29, 0.717) is 23.2 Å². The fourth-order valence-electron chi connectivity index (χ4n) is 1.84. The van der Waals surface area contributed by atoms with Crippen LogP contribution in [0.1, 0.15) is 11.6 Å². The number of halogens is 1. The molecule has 0 amide bonds. The van der Waals surface area contributed by atoms with Gasteiger partial charge in [-0.2, -0.15) is 0 Å². The lowest BCUT2D eigenvalue weighted by Crippen LogP contribution is -1.98. The van der Waals surface area contributed by atoms with Gasteiger partial charge in [-0.3, -0.25) is 0 Å². The molecule has 18 heavy (non-hydrogen) atoms. The van der Waals surface area contributed by atoms with Crippen LogP contribution in [-0.4, -0.2) is 21.7 Å². The minimum atomic E-state index is 0.243. The van der Waals surface area contributed by atoms with Gasteiger partial charge in [-0.15, -0.1) is 0 Å². The third-order valence-corrected chi connectivity index (χ3v) is 3.13. The van der Waals surface area contributed by atoms with Crippen LogP contribution in [0.4, 0.5) is 0 Å². The minimum Gasteiger partial charge on any atom is -0.454 e. The molecular formula is C12H10BrN3O2. The summed E-state index contributed by atoms with van der Waals surface area (Å²) < 4.78 is 11.6. The van der Waals surface area contributed by atoms with E-state index in [9.17, 15) is 0 Å². The second kappa shape index (κ2) is 4.20. The van der Waals surface area contributed by atoms with E-state index in [0.717, 1.165) is 15.8 Å². The Morgan fingerprint density at radius 1 is 1.06 bits per heavy atom. The molecule has 0 aliphatic carbocycles. The van der Waals surface area contributed by atoms with Crippen LogP contribution in [-0.2, 0) is 0 Å². The Balaban J connectivity index is 2.15. The van der Waals surface area contributed by atoms with Crippen molar-refractivity contribution in [3.05, 3.63) is 28.3 Å². The van der Waals surface area contributed by atoms with Crippen molar-refractivity contribution in [2.75, 3.05) is 6.79 Å². The number of aromatic nitrogens is 3. The van der Waals surface area contributed by atoms with Crippen LogP contribution in [0.15, 0.2) is 16.6 Å². The predicted octanol–water partition coefficient (Wildman–Crippen LogP) is 2.65. The maximum absolute atomic E-state index is 5.38. The fourth-order valence-corrected chi connectivity index (χ4v) is 2.40. The normalized spacial score (nSPS) is 12.8. The number of benzene rings is 1. The minimum absolute atomic E-state index is 0.243. The van der Waals surface area contributed by atoms with Crippen molar-refractivity contribution < 1.29 is 9.47 Å². The van der Waals surface area contributed by atoms with Gasteiger partial charge in [0.1, 0.15) is 11.6 Å². The Morgan fingerprint density at radius 2 is 1.78 bits per heavy atom. The smallest absolute Gasteiger partial charge is 0.231 e. The Kier molecular flexibility index (Phi) is 2.66. The molecule has 0 saturated carbocycles. The molecule has 1 aliphatic heterocycles. The first kappa shape index (κ1) is 11.4. The predicted molar refractivity (Wildman–Crippen MR) is 68.6 cm³/mol. The van der Waals surface area contributed by atoms with Crippen molar-refractivity contribution in [1.82, 2.24) is 15.0 Å². The number of hydrogen-bond acceptors (Lipinski definition) is 5. The lowest BCUT2D eigenvalue weighted by atomic mass is 10.2. The third-order valence-electron chi connectivity index (χ3n) is 2.54. The maximum Gasteiger partial charge on any atom is 0.231 e. The first-order valence-corrected chi connectivity index (χ1v) is 6.21. The maximum atomic E-state index is 5.38. The van der Waals surface area contributed by atoms with E-state index in [2.05, 4.69) is 30.9 Å². The summed E-state index contributed by atoms with van der Waals surface area (Å²) in [5.74, 6) is 3.47. The summed E-state index contributed by atoms with van der Waals surface area (Å²) >= 11 is 3.46. The summed E-state index contributed by atoms with van der Waals surface area (Å²) in [4.78, 5) is 12.8. The summed E-state index contributed by atoms with van der Waals surface area (Å²) in [5.41, 5.74) is 0.875. The monoisotopic (exact) mass is 307 g/mol. The molecule has 0 N–H and O–H groups in total. The van der Waals surface area contributed by atoms with Gasteiger partial charge in [0, 0.05) is 5.56 Å². The van der Waals surface area contributed by atoms with Gasteiger partial charge < -0.3 is 9.47 Å². The van der Waals surface area contributed by atoms with Crippen LogP contribution < -0.4 is 9.47 Å². The molecule has 0 fully saturated rings. The van der Waals surface area contributed by atoms with Gasteiger partial charge in [-0.1, -0.05) is 0 Å². The second-order valence-electron chi connectivity index (χ2n) is 3.95. The van der Waals surface area contributed by atoms with E-state index < -0.39 is 0 Å². The molecule has 2 aromatic rings. The van der Waals surface area contributed by atoms with E-state index in [-0.39, 0.29) is 6.79 Å². The fraction of sp³-hybridized carbons (Fsp3) is 0.250. The number of ether oxygens (including phenoxy) is 2. The highest BCUT2D eigenvalue weighted by atomic mass is 79.9. The van der Waals surface area contributed by atoms with Gasteiger partial charge in [0.25, 0.3) is 0 Å². The molecule has 0 radical (unpaired) electrons. The third kappa shape index (κ3) is 1.92. The molecule has 0 bridgehead atoms.